The smallest absolute Gasteiger partial charge is 0.336 e. The predicted molar refractivity (Wildman–Crippen MR) is 96.0 cm³/mol. The van der Waals surface area contributed by atoms with Gasteiger partial charge in [-0.15, -0.1) is 0 Å². The molecule has 3 rings (SSSR count). The summed E-state index contributed by atoms with van der Waals surface area (Å²) in [5, 5.41) is 3.41. The van der Waals surface area contributed by atoms with Crippen LogP contribution in [0, 0.1) is 0 Å². The number of alkyl halides is 3. The first-order valence-electron chi connectivity index (χ1n) is 8.68. The van der Waals surface area contributed by atoms with E-state index in [-0.39, 0.29) is 5.56 Å². The standard InChI is InChI=1S/C19H21F3N4O/c1-24-14-16(17(23-24)19(20,21)22)18(27)26-12-10-25(11-13-26)9-5-8-15-6-3-2-4-7-15/h2-8,14H,9-13H2,1H3/b8-5+. The van der Waals surface area contributed by atoms with Gasteiger partial charge in [0.25, 0.3) is 5.91 Å². The second-order valence-electron chi connectivity index (χ2n) is 6.47. The number of nitrogens with zero attached hydrogens (tertiary/aromatic N) is 4. The zero-order valence-electron chi connectivity index (χ0n) is 15.0. The van der Waals surface area contributed by atoms with Gasteiger partial charge in [0, 0.05) is 46.0 Å². The third kappa shape index (κ3) is 4.77. The molecule has 144 valence electrons. The second kappa shape index (κ2) is 7.96. The molecule has 0 aliphatic carbocycles. The van der Waals surface area contributed by atoms with Gasteiger partial charge in [-0.25, -0.2) is 0 Å². The SMILES string of the molecule is Cn1cc(C(=O)N2CCN(C/C=C/c3ccccc3)CC2)c(C(F)(F)F)n1. The molecule has 1 aliphatic rings. The quantitative estimate of drug-likeness (QED) is 0.822. The number of carbonyl (C=O) groups excluding carboxylic acids is 1. The Balaban J connectivity index is 1.56. The molecule has 0 bridgehead atoms. The van der Waals surface area contributed by atoms with Crippen LogP contribution in [-0.2, 0) is 13.2 Å². The molecule has 2 aromatic rings. The molecule has 1 amide bonds. The molecule has 8 heteroatoms. The Bertz CT molecular complexity index is 806. The van der Waals surface area contributed by atoms with E-state index in [9.17, 15) is 18.0 Å². The van der Waals surface area contributed by atoms with Crippen molar-refractivity contribution in [3.05, 3.63) is 59.4 Å². The lowest BCUT2D eigenvalue weighted by Crippen LogP contribution is -2.48. The lowest BCUT2D eigenvalue weighted by molar-refractivity contribution is -0.141. The third-order valence-corrected chi connectivity index (χ3v) is 4.46. The summed E-state index contributed by atoms with van der Waals surface area (Å²) < 4.78 is 40.2. The Kier molecular flexibility index (Phi) is 5.65. The molecule has 0 N–H and O–H groups in total. The Morgan fingerprint density at radius 3 is 2.44 bits per heavy atom. The number of hydrogen-bond acceptors (Lipinski definition) is 3. The zero-order chi connectivity index (χ0) is 19.4. The fraction of sp³-hybridized carbons (Fsp3) is 0.368. The van der Waals surface area contributed by atoms with E-state index in [0.717, 1.165) is 23.0 Å². The first-order valence-corrected chi connectivity index (χ1v) is 8.68. The number of rotatable bonds is 4. The Labute approximate surface area is 155 Å². The summed E-state index contributed by atoms with van der Waals surface area (Å²) in [5.41, 5.74) is -0.395. The molecule has 0 spiro atoms. The first-order chi connectivity index (χ1) is 12.8. The third-order valence-electron chi connectivity index (χ3n) is 4.46. The molecule has 5 nitrogen and oxygen atoms in total. The number of amides is 1. The maximum atomic E-state index is 13.1. The monoisotopic (exact) mass is 378 g/mol. The summed E-state index contributed by atoms with van der Waals surface area (Å²) in [5.74, 6) is -0.616. The van der Waals surface area contributed by atoms with Gasteiger partial charge in [0.2, 0.25) is 0 Å². The molecule has 0 unspecified atom stereocenters. The van der Waals surface area contributed by atoms with Crippen LogP contribution in [0.5, 0.6) is 0 Å². The minimum absolute atomic E-state index is 0.387. The van der Waals surface area contributed by atoms with Gasteiger partial charge < -0.3 is 4.90 Å². The van der Waals surface area contributed by atoms with Crippen molar-refractivity contribution in [3.8, 4) is 0 Å². The molecule has 0 radical (unpaired) electrons. The average Bonchev–Trinajstić information content (AvgIpc) is 3.05. The van der Waals surface area contributed by atoms with Gasteiger partial charge in [-0.2, -0.15) is 18.3 Å². The average molecular weight is 378 g/mol. The van der Waals surface area contributed by atoms with Crippen molar-refractivity contribution in [1.29, 1.82) is 0 Å². The summed E-state index contributed by atoms with van der Waals surface area (Å²) in [6, 6.07) is 9.92. The van der Waals surface area contributed by atoms with Crippen LogP contribution in [0.3, 0.4) is 0 Å². The van der Waals surface area contributed by atoms with E-state index in [1.165, 1.54) is 11.9 Å². The topological polar surface area (TPSA) is 41.4 Å². The summed E-state index contributed by atoms with van der Waals surface area (Å²) in [6.45, 7) is 2.75. The van der Waals surface area contributed by atoms with E-state index in [4.69, 9.17) is 0 Å². The van der Waals surface area contributed by atoms with Crippen LogP contribution < -0.4 is 0 Å². The van der Waals surface area contributed by atoms with E-state index < -0.39 is 17.8 Å². The number of benzene rings is 1. The molecule has 0 saturated carbocycles. The van der Waals surface area contributed by atoms with Gasteiger partial charge in [0.15, 0.2) is 5.69 Å². The summed E-state index contributed by atoms with van der Waals surface area (Å²) in [6.07, 6.45) is 0.578. The molecule has 1 fully saturated rings. The number of aromatic nitrogens is 2. The maximum absolute atomic E-state index is 13.1. The van der Waals surface area contributed by atoms with Crippen LogP contribution in [-0.4, -0.2) is 58.2 Å². The highest BCUT2D eigenvalue weighted by Crippen LogP contribution is 2.31. The minimum atomic E-state index is -4.64. The van der Waals surface area contributed by atoms with Gasteiger partial charge in [0.1, 0.15) is 0 Å². The number of aryl methyl sites for hydroxylation is 1. The van der Waals surface area contributed by atoms with Crippen molar-refractivity contribution >= 4 is 12.0 Å². The molecule has 27 heavy (non-hydrogen) atoms. The lowest BCUT2D eigenvalue weighted by Gasteiger charge is -2.34. The van der Waals surface area contributed by atoms with E-state index in [1.807, 2.05) is 36.4 Å². The van der Waals surface area contributed by atoms with Crippen LogP contribution in [0.2, 0.25) is 0 Å². The molecule has 1 aliphatic heterocycles. The van der Waals surface area contributed by atoms with Crippen molar-refractivity contribution in [3.63, 3.8) is 0 Å². The van der Waals surface area contributed by atoms with E-state index in [2.05, 4.69) is 16.1 Å². The molecule has 1 aromatic carbocycles. The second-order valence-corrected chi connectivity index (χ2v) is 6.47. The van der Waals surface area contributed by atoms with Crippen LogP contribution in [0.4, 0.5) is 13.2 Å². The Hall–Kier alpha value is -2.61. The van der Waals surface area contributed by atoms with Crippen LogP contribution in [0.1, 0.15) is 21.6 Å². The molecule has 1 aromatic heterocycles. The highest BCUT2D eigenvalue weighted by atomic mass is 19.4. The number of hydrogen-bond donors (Lipinski definition) is 0. The first kappa shape index (κ1) is 19.2. The largest absolute Gasteiger partial charge is 0.435 e. The Morgan fingerprint density at radius 2 is 1.81 bits per heavy atom. The van der Waals surface area contributed by atoms with Crippen molar-refractivity contribution in [2.75, 3.05) is 32.7 Å². The summed E-state index contributed by atoms with van der Waals surface area (Å²) in [4.78, 5) is 16.2. The predicted octanol–water partition coefficient (Wildman–Crippen LogP) is 2.91. The maximum Gasteiger partial charge on any atom is 0.435 e. The van der Waals surface area contributed by atoms with E-state index in [1.54, 1.807) is 0 Å². The molecular weight excluding hydrogens is 357 g/mol. The van der Waals surface area contributed by atoms with E-state index in [0.29, 0.717) is 26.2 Å². The molecule has 0 atom stereocenters. The normalized spacial score (nSPS) is 16.2. The highest BCUT2D eigenvalue weighted by Gasteiger charge is 2.40. The van der Waals surface area contributed by atoms with Crippen LogP contribution in [0.25, 0.3) is 6.08 Å². The van der Waals surface area contributed by atoms with Crippen molar-refractivity contribution < 1.29 is 18.0 Å². The zero-order valence-corrected chi connectivity index (χ0v) is 15.0. The van der Waals surface area contributed by atoms with E-state index >= 15 is 0 Å². The van der Waals surface area contributed by atoms with Gasteiger partial charge >= 0.3 is 6.18 Å². The molecule has 2 heterocycles. The summed E-state index contributed by atoms with van der Waals surface area (Å²) in [7, 11) is 1.38. The van der Waals surface area contributed by atoms with Crippen LogP contribution in [0.15, 0.2) is 42.6 Å². The Morgan fingerprint density at radius 1 is 1.15 bits per heavy atom. The number of piperazine rings is 1. The van der Waals surface area contributed by atoms with Gasteiger partial charge in [-0.1, -0.05) is 42.5 Å². The highest BCUT2D eigenvalue weighted by molar-refractivity contribution is 5.95. The molecule has 1 saturated heterocycles. The lowest BCUT2D eigenvalue weighted by atomic mass is 10.2. The number of halogens is 3. The fourth-order valence-corrected chi connectivity index (χ4v) is 3.06. The van der Waals surface area contributed by atoms with Crippen LogP contribution >= 0.6 is 0 Å². The van der Waals surface area contributed by atoms with Crippen molar-refractivity contribution in [2.45, 2.75) is 6.18 Å². The fourth-order valence-electron chi connectivity index (χ4n) is 3.06. The van der Waals surface area contributed by atoms with Crippen molar-refractivity contribution in [2.24, 2.45) is 7.05 Å². The van der Waals surface area contributed by atoms with Gasteiger partial charge in [-0.3, -0.25) is 14.4 Å². The van der Waals surface area contributed by atoms with Gasteiger partial charge in [0.05, 0.1) is 5.56 Å². The number of carbonyl (C=O) groups is 1. The van der Waals surface area contributed by atoms with Gasteiger partial charge in [-0.05, 0) is 5.56 Å². The summed E-state index contributed by atoms with van der Waals surface area (Å²) >= 11 is 0. The minimum Gasteiger partial charge on any atom is -0.336 e. The molecular formula is C19H21F3N4O. The van der Waals surface area contributed by atoms with Crippen molar-refractivity contribution in [1.82, 2.24) is 19.6 Å².